The van der Waals surface area contributed by atoms with Gasteiger partial charge in [0.1, 0.15) is 6.26 Å². The molecule has 1 amide bonds. The van der Waals surface area contributed by atoms with E-state index in [4.69, 9.17) is 10.2 Å². The quantitative estimate of drug-likeness (QED) is 0.663. The third-order valence-corrected chi connectivity index (χ3v) is 3.66. The molecule has 2 rings (SSSR count). The number of carbonyl (C=O) groups is 1. The first-order valence-electron chi connectivity index (χ1n) is 5.80. The molecule has 100 valence electrons. The number of benzene rings is 1. The van der Waals surface area contributed by atoms with Crippen molar-refractivity contribution in [3.05, 3.63) is 36.2 Å². The van der Waals surface area contributed by atoms with Gasteiger partial charge >= 0.3 is 0 Å². The van der Waals surface area contributed by atoms with Gasteiger partial charge in [0.2, 0.25) is 5.91 Å². The van der Waals surface area contributed by atoms with Crippen molar-refractivity contribution in [1.29, 1.82) is 0 Å². The summed E-state index contributed by atoms with van der Waals surface area (Å²) in [5.41, 5.74) is 8.05. The van der Waals surface area contributed by atoms with E-state index < -0.39 is 0 Å². The van der Waals surface area contributed by atoms with Gasteiger partial charge in [-0.1, -0.05) is 17.8 Å². The Morgan fingerprint density at radius 2 is 2.32 bits per heavy atom. The van der Waals surface area contributed by atoms with Crippen molar-refractivity contribution in [1.82, 2.24) is 4.98 Å². The van der Waals surface area contributed by atoms with Crippen LogP contribution in [0.3, 0.4) is 0 Å². The SMILES string of the molecule is Cc1c(N)cccc1NC(=O)C(C)Sc1ncco1. The predicted molar refractivity (Wildman–Crippen MR) is 76.0 cm³/mol. The molecule has 1 atom stereocenters. The van der Waals surface area contributed by atoms with Gasteiger partial charge in [0.25, 0.3) is 5.22 Å². The van der Waals surface area contributed by atoms with Crippen LogP contribution in [0.5, 0.6) is 0 Å². The number of rotatable bonds is 4. The molecule has 1 aromatic carbocycles. The topological polar surface area (TPSA) is 81.1 Å². The lowest BCUT2D eigenvalue weighted by Crippen LogP contribution is -2.23. The van der Waals surface area contributed by atoms with Crippen LogP contribution in [0.15, 0.2) is 40.3 Å². The van der Waals surface area contributed by atoms with Gasteiger partial charge in [-0.15, -0.1) is 0 Å². The second kappa shape index (κ2) is 5.79. The first-order chi connectivity index (χ1) is 9.08. The van der Waals surface area contributed by atoms with Crippen molar-refractivity contribution in [2.45, 2.75) is 24.3 Å². The number of nitrogens with two attached hydrogens (primary N) is 1. The van der Waals surface area contributed by atoms with Crippen LogP contribution in [0.4, 0.5) is 11.4 Å². The number of hydrogen-bond acceptors (Lipinski definition) is 5. The predicted octanol–water partition coefficient (Wildman–Crippen LogP) is 2.68. The first-order valence-corrected chi connectivity index (χ1v) is 6.68. The van der Waals surface area contributed by atoms with E-state index >= 15 is 0 Å². The number of nitrogen functional groups attached to an aromatic ring is 1. The summed E-state index contributed by atoms with van der Waals surface area (Å²) >= 11 is 1.27. The van der Waals surface area contributed by atoms with Gasteiger partial charge in [-0.2, -0.15) is 0 Å². The third-order valence-electron chi connectivity index (χ3n) is 2.69. The molecule has 0 spiro atoms. The van der Waals surface area contributed by atoms with E-state index in [1.807, 2.05) is 19.1 Å². The number of aromatic nitrogens is 1. The largest absolute Gasteiger partial charge is 0.440 e. The summed E-state index contributed by atoms with van der Waals surface area (Å²) in [5.74, 6) is -0.114. The summed E-state index contributed by atoms with van der Waals surface area (Å²) < 4.78 is 5.10. The van der Waals surface area contributed by atoms with Crippen LogP contribution >= 0.6 is 11.8 Å². The van der Waals surface area contributed by atoms with E-state index in [2.05, 4.69) is 10.3 Å². The van der Waals surface area contributed by atoms with E-state index in [0.29, 0.717) is 10.9 Å². The highest BCUT2D eigenvalue weighted by molar-refractivity contribution is 8.00. The minimum atomic E-state index is -0.306. The van der Waals surface area contributed by atoms with Crippen molar-refractivity contribution in [3.8, 4) is 0 Å². The fraction of sp³-hybridized carbons (Fsp3) is 0.231. The average molecular weight is 277 g/mol. The number of nitrogens with zero attached hydrogens (tertiary/aromatic N) is 1. The lowest BCUT2D eigenvalue weighted by molar-refractivity contribution is -0.115. The zero-order valence-electron chi connectivity index (χ0n) is 10.7. The number of oxazole rings is 1. The van der Waals surface area contributed by atoms with E-state index in [-0.39, 0.29) is 11.2 Å². The van der Waals surface area contributed by atoms with Crippen LogP contribution in [0.25, 0.3) is 0 Å². The molecule has 0 saturated heterocycles. The van der Waals surface area contributed by atoms with Crippen LogP contribution < -0.4 is 11.1 Å². The Labute approximate surface area is 115 Å². The lowest BCUT2D eigenvalue weighted by Gasteiger charge is -2.13. The van der Waals surface area contributed by atoms with Gasteiger partial charge in [0, 0.05) is 11.4 Å². The number of thioether (sulfide) groups is 1. The molecule has 3 N–H and O–H groups in total. The summed E-state index contributed by atoms with van der Waals surface area (Å²) in [5, 5.41) is 3.03. The Bertz CT molecular complexity index is 569. The fourth-order valence-electron chi connectivity index (χ4n) is 1.50. The van der Waals surface area contributed by atoms with Crippen LogP contribution in [-0.2, 0) is 4.79 Å². The van der Waals surface area contributed by atoms with E-state index in [0.717, 1.165) is 11.3 Å². The van der Waals surface area contributed by atoms with Crippen LogP contribution in [-0.4, -0.2) is 16.1 Å². The van der Waals surface area contributed by atoms with Crippen molar-refractivity contribution in [3.63, 3.8) is 0 Å². The summed E-state index contributed by atoms with van der Waals surface area (Å²) in [6, 6.07) is 5.44. The van der Waals surface area contributed by atoms with E-state index in [1.54, 1.807) is 19.2 Å². The summed E-state index contributed by atoms with van der Waals surface area (Å²) in [6.07, 6.45) is 3.03. The van der Waals surface area contributed by atoms with Gasteiger partial charge in [0.05, 0.1) is 11.4 Å². The van der Waals surface area contributed by atoms with Crippen molar-refractivity contribution >= 4 is 29.0 Å². The second-order valence-corrected chi connectivity index (χ2v) is 5.36. The monoisotopic (exact) mass is 277 g/mol. The zero-order chi connectivity index (χ0) is 13.8. The lowest BCUT2D eigenvalue weighted by atomic mass is 10.1. The summed E-state index contributed by atoms with van der Waals surface area (Å²) in [7, 11) is 0. The van der Waals surface area contributed by atoms with Gasteiger partial charge < -0.3 is 15.5 Å². The average Bonchev–Trinajstić information content (AvgIpc) is 2.87. The molecule has 0 aliphatic rings. The molecule has 0 aliphatic heterocycles. The standard InChI is InChI=1S/C13H15N3O2S/c1-8-10(14)4-3-5-11(8)16-12(17)9(2)19-13-15-6-7-18-13/h3-7,9H,14H2,1-2H3,(H,16,17). The van der Waals surface area contributed by atoms with E-state index in [1.165, 1.54) is 18.0 Å². The number of nitrogens with one attached hydrogen (secondary N) is 1. The van der Waals surface area contributed by atoms with Crippen molar-refractivity contribution in [2.75, 3.05) is 11.1 Å². The Morgan fingerprint density at radius 1 is 1.53 bits per heavy atom. The molecule has 0 bridgehead atoms. The highest BCUT2D eigenvalue weighted by atomic mass is 32.2. The van der Waals surface area contributed by atoms with E-state index in [9.17, 15) is 4.79 Å². The van der Waals surface area contributed by atoms with Crippen molar-refractivity contribution in [2.24, 2.45) is 0 Å². The van der Waals surface area contributed by atoms with Crippen LogP contribution in [0, 0.1) is 6.92 Å². The molecule has 5 nitrogen and oxygen atoms in total. The fourth-order valence-corrected chi connectivity index (χ4v) is 2.20. The zero-order valence-corrected chi connectivity index (χ0v) is 11.5. The second-order valence-electron chi connectivity index (χ2n) is 4.07. The van der Waals surface area contributed by atoms with Crippen molar-refractivity contribution < 1.29 is 9.21 Å². The summed E-state index contributed by atoms with van der Waals surface area (Å²) in [4.78, 5) is 16.0. The Hall–Kier alpha value is -1.95. The van der Waals surface area contributed by atoms with Gasteiger partial charge in [-0.3, -0.25) is 4.79 Å². The molecule has 1 heterocycles. The van der Waals surface area contributed by atoms with Crippen LogP contribution in [0.1, 0.15) is 12.5 Å². The number of amides is 1. The molecule has 0 saturated carbocycles. The highest BCUT2D eigenvalue weighted by Gasteiger charge is 2.17. The molecular weight excluding hydrogens is 262 g/mol. The van der Waals surface area contributed by atoms with Gasteiger partial charge in [0.15, 0.2) is 0 Å². The van der Waals surface area contributed by atoms with Gasteiger partial charge in [-0.05, 0) is 31.5 Å². The summed E-state index contributed by atoms with van der Waals surface area (Å²) in [6.45, 7) is 3.67. The maximum absolute atomic E-state index is 12.1. The third kappa shape index (κ3) is 3.29. The smallest absolute Gasteiger partial charge is 0.256 e. The maximum atomic E-state index is 12.1. The van der Waals surface area contributed by atoms with Gasteiger partial charge in [-0.25, -0.2) is 4.98 Å². The molecule has 6 heteroatoms. The maximum Gasteiger partial charge on any atom is 0.256 e. The van der Waals surface area contributed by atoms with Crippen LogP contribution in [0.2, 0.25) is 0 Å². The number of anilines is 2. The molecule has 0 radical (unpaired) electrons. The normalized spacial score (nSPS) is 12.1. The molecule has 19 heavy (non-hydrogen) atoms. The molecule has 0 aliphatic carbocycles. The molecule has 2 aromatic rings. The molecular formula is C13H15N3O2S. The first kappa shape index (κ1) is 13.5. The number of hydrogen-bond donors (Lipinski definition) is 2. The molecule has 0 fully saturated rings. The minimum absolute atomic E-state index is 0.114. The highest BCUT2D eigenvalue weighted by Crippen LogP contribution is 2.24. The number of carbonyl (C=O) groups excluding carboxylic acids is 1. The minimum Gasteiger partial charge on any atom is -0.440 e. The Balaban J connectivity index is 2.02. The molecule has 1 aromatic heterocycles. The Morgan fingerprint density at radius 3 is 3.00 bits per heavy atom. The Kier molecular flexibility index (Phi) is 4.11. The molecule has 1 unspecified atom stereocenters.